The van der Waals surface area contributed by atoms with Crippen molar-refractivity contribution in [1.82, 2.24) is 0 Å². The summed E-state index contributed by atoms with van der Waals surface area (Å²) in [6.07, 6.45) is 24.7. The molecule has 0 bridgehead atoms. The maximum Gasteiger partial charge on any atom is 0.306 e. The normalized spacial score (nSPS) is 21.1. The number of aliphatic carboxylic acids is 2. The Morgan fingerprint density at radius 1 is 0.552 bits per heavy atom. The molecule has 0 aromatic rings. The van der Waals surface area contributed by atoms with Crippen LogP contribution < -0.4 is 10.2 Å². The zero-order valence-electron chi connectivity index (χ0n) is 35.6. The van der Waals surface area contributed by atoms with Gasteiger partial charge in [0.05, 0.1) is 12.8 Å². The van der Waals surface area contributed by atoms with Crippen LogP contribution in [0.4, 0.5) is 0 Å². The Labute approximate surface area is 343 Å². The lowest BCUT2D eigenvalue weighted by Crippen LogP contribution is -2.39. The molecule has 2 aliphatic rings. The van der Waals surface area contributed by atoms with Gasteiger partial charge in [0, 0.05) is 24.8 Å². The van der Waals surface area contributed by atoms with E-state index >= 15 is 0 Å². The third-order valence-electron chi connectivity index (χ3n) is 9.89. The molecular weight excluding hydrogens is 737 g/mol. The van der Waals surface area contributed by atoms with Gasteiger partial charge in [0.25, 0.3) is 0 Å². The third kappa shape index (κ3) is 16.1. The number of esters is 2. The summed E-state index contributed by atoms with van der Waals surface area (Å²) in [5.74, 6) is -4.71. The van der Waals surface area contributed by atoms with Gasteiger partial charge >= 0.3 is 11.9 Å². The number of allylic oxidation sites excluding steroid dienone is 20. The first kappa shape index (κ1) is 48.5. The highest BCUT2D eigenvalue weighted by Crippen LogP contribution is 2.42. The van der Waals surface area contributed by atoms with Gasteiger partial charge in [-0.2, -0.15) is 0 Å². The van der Waals surface area contributed by atoms with Crippen molar-refractivity contribution < 1.29 is 48.5 Å². The quantitative estimate of drug-likeness (QED) is 0.103. The molecule has 2 unspecified atom stereocenters. The minimum Gasteiger partial charge on any atom is -0.550 e. The van der Waals surface area contributed by atoms with Crippen molar-refractivity contribution >= 4 is 35.4 Å². The summed E-state index contributed by atoms with van der Waals surface area (Å²) in [5, 5.41) is 21.3. The zero-order valence-corrected chi connectivity index (χ0v) is 35.6. The average Bonchev–Trinajstić information content (AvgIpc) is 3.12. The van der Waals surface area contributed by atoms with Gasteiger partial charge in [0.2, 0.25) is 0 Å². The molecule has 0 aliphatic heterocycles. The van der Waals surface area contributed by atoms with Crippen LogP contribution in [0.15, 0.2) is 130 Å². The lowest BCUT2D eigenvalue weighted by molar-refractivity contribution is -0.307. The first-order chi connectivity index (χ1) is 27.0. The molecule has 312 valence electrons. The van der Waals surface area contributed by atoms with Crippen molar-refractivity contribution in [3.8, 4) is 0 Å². The summed E-state index contributed by atoms with van der Waals surface area (Å²) in [4.78, 5) is 71.4. The van der Waals surface area contributed by atoms with Gasteiger partial charge in [0.1, 0.15) is 0 Å². The highest BCUT2D eigenvalue weighted by atomic mass is 16.6. The molecule has 0 aromatic heterocycles. The molecule has 0 aromatic carbocycles. The second-order valence-electron chi connectivity index (χ2n) is 16.1. The first-order valence-corrected chi connectivity index (χ1v) is 19.4. The van der Waals surface area contributed by atoms with Gasteiger partial charge in [-0.3, -0.25) is 19.2 Å². The van der Waals surface area contributed by atoms with Crippen LogP contribution in [0.1, 0.15) is 108 Å². The number of carboxylic acids is 2. The molecule has 58 heavy (non-hydrogen) atoms. The van der Waals surface area contributed by atoms with Crippen molar-refractivity contribution in [3.05, 3.63) is 130 Å². The van der Waals surface area contributed by atoms with E-state index in [1.54, 1.807) is 13.8 Å². The Hall–Kier alpha value is -5.64. The van der Waals surface area contributed by atoms with Crippen LogP contribution in [0.5, 0.6) is 0 Å². The van der Waals surface area contributed by atoms with Crippen molar-refractivity contribution in [2.45, 2.75) is 120 Å². The van der Waals surface area contributed by atoms with E-state index in [0.29, 0.717) is 24.0 Å². The minimum atomic E-state index is -1.34. The fourth-order valence-electron chi connectivity index (χ4n) is 6.60. The van der Waals surface area contributed by atoms with Gasteiger partial charge in [-0.1, -0.05) is 135 Å². The summed E-state index contributed by atoms with van der Waals surface area (Å²) in [6, 6.07) is 0. The van der Waals surface area contributed by atoms with Crippen LogP contribution in [-0.2, 0) is 38.2 Å². The molecular formula is C48H58O10-2. The molecule has 10 nitrogen and oxygen atoms in total. The molecule has 2 aliphatic carbocycles. The van der Waals surface area contributed by atoms with Crippen LogP contribution in [0.3, 0.4) is 0 Å². The summed E-state index contributed by atoms with van der Waals surface area (Å²) in [6.45, 7) is 19.3. The van der Waals surface area contributed by atoms with E-state index in [1.165, 1.54) is 0 Å². The lowest BCUT2D eigenvalue weighted by Gasteiger charge is -2.36. The van der Waals surface area contributed by atoms with Gasteiger partial charge in [-0.05, 0) is 87.5 Å². The molecule has 0 amide bonds. The summed E-state index contributed by atoms with van der Waals surface area (Å²) >= 11 is 0. The summed E-state index contributed by atoms with van der Waals surface area (Å²) in [5.41, 5.74) is 5.92. The van der Waals surface area contributed by atoms with E-state index in [-0.39, 0.29) is 24.4 Å². The topological polar surface area (TPSA) is 167 Å². The van der Waals surface area contributed by atoms with Crippen LogP contribution in [-0.4, -0.2) is 47.7 Å². The predicted molar refractivity (Wildman–Crippen MR) is 221 cm³/mol. The third-order valence-corrected chi connectivity index (χ3v) is 9.89. The molecule has 2 atom stereocenters. The number of ether oxygens (including phenoxy) is 2. The Morgan fingerprint density at radius 3 is 1.19 bits per heavy atom. The van der Waals surface area contributed by atoms with E-state index in [1.807, 2.05) is 140 Å². The lowest BCUT2D eigenvalue weighted by atomic mass is 9.71. The number of carbonyl (C=O) groups is 6. The monoisotopic (exact) mass is 794 g/mol. The molecule has 0 heterocycles. The molecule has 0 radical (unpaired) electrons. The molecule has 0 saturated carbocycles. The molecule has 0 fully saturated rings. The standard InChI is InChI=1S/C48H60O10/c1-31(17-13-19-33(3)21-23-37-35(5)45(55)39(29-47(37,7)8)57-43(53)27-25-41(49)50)15-11-12-16-32(2)18-14-20-34(4)22-24-38-36(6)46(56)40(30-48(38,9)10)58-44(54)28-26-42(51)52/h11-24,39-40H,25-30H2,1-10H3,(H,49,50)(H,51,52)/p-2/b12-11+,17-13+,18-14+,23-21+,24-22+,31-15+,32-16+,33-19+,34-20+. The van der Waals surface area contributed by atoms with Crippen molar-refractivity contribution in [3.63, 3.8) is 0 Å². The van der Waals surface area contributed by atoms with Crippen LogP contribution >= 0.6 is 0 Å². The van der Waals surface area contributed by atoms with Gasteiger partial charge in [0.15, 0.2) is 23.8 Å². The smallest absolute Gasteiger partial charge is 0.306 e. The van der Waals surface area contributed by atoms with E-state index < -0.39 is 59.8 Å². The Kier molecular flexibility index (Phi) is 18.7. The number of carboxylic acid groups (broad SMARTS) is 2. The van der Waals surface area contributed by atoms with Crippen LogP contribution in [0.25, 0.3) is 0 Å². The molecule has 0 N–H and O–H groups in total. The Morgan fingerprint density at radius 2 is 0.862 bits per heavy atom. The second-order valence-corrected chi connectivity index (χ2v) is 16.1. The van der Waals surface area contributed by atoms with Crippen molar-refractivity contribution in [2.24, 2.45) is 10.8 Å². The highest BCUT2D eigenvalue weighted by Gasteiger charge is 2.41. The Bertz CT molecular complexity index is 1820. The average molecular weight is 795 g/mol. The van der Waals surface area contributed by atoms with E-state index in [4.69, 9.17) is 9.47 Å². The number of rotatable bonds is 18. The maximum atomic E-state index is 13.0. The van der Waals surface area contributed by atoms with E-state index in [0.717, 1.165) is 33.4 Å². The van der Waals surface area contributed by atoms with Gasteiger partial charge < -0.3 is 29.3 Å². The van der Waals surface area contributed by atoms with E-state index in [9.17, 15) is 39.0 Å². The highest BCUT2D eigenvalue weighted by molar-refractivity contribution is 6.02. The SMILES string of the molecule is CC1=C(/C=C/C(C)=C/C=C/C(C)=C/C=C/C=C(C)/C=C/C=C(C)/C=C/C2=C(C)C(=O)C(OC(=O)CCC(=O)[O-])CC2(C)C)C(C)(C)CC(OC(=O)CCC(=O)[O-])C1=O. The second kappa shape index (κ2) is 22.3. The van der Waals surface area contributed by atoms with Crippen molar-refractivity contribution in [1.29, 1.82) is 0 Å². The number of Topliss-reactive ketones (excluding diaryl/α,β-unsaturated/α-hetero) is 2. The molecule has 2 rings (SSSR count). The maximum absolute atomic E-state index is 13.0. The molecule has 0 spiro atoms. The van der Waals surface area contributed by atoms with Crippen LogP contribution in [0, 0.1) is 10.8 Å². The largest absolute Gasteiger partial charge is 0.550 e. The molecule has 0 saturated heterocycles. The molecule has 10 heteroatoms. The zero-order chi connectivity index (χ0) is 43.8. The van der Waals surface area contributed by atoms with Gasteiger partial charge in [-0.15, -0.1) is 0 Å². The predicted octanol–water partition coefficient (Wildman–Crippen LogP) is 7.07. The van der Waals surface area contributed by atoms with Gasteiger partial charge in [-0.25, -0.2) is 0 Å². The number of hydrogen-bond acceptors (Lipinski definition) is 10. The number of ketones is 2. The van der Waals surface area contributed by atoms with E-state index in [2.05, 4.69) is 0 Å². The fourth-order valence-corrected chi connectivity index (χ4v) is 6.60. The van der Waals surface area contributed by atoms with Crippen molar-refractivity contribution in [2.75, 3.05) is 0 Å². The summed E-state index contributed by atoms with van der Waals surface area (Å²) in [7, 11) is 0. The summed E-state index contributed by atoms with van der Waals surface area (Å²) < 4.78 is 10.6. The number of carbonyl (C=O) groups excluding carboxylic acids is 6. The minimum absolute atomic E-state index is 0.280. The fraction of sp³-hybridized carbons (Fsp3) is 0.417. The first-order valence-electron chi connectivity index (χ1n) is 19.4. The number of hydrogen-bond donors (Lipinski definition) is 0. The Balaban J connectivity index is 1.97. The van der Waals surface area contributed by atoms with Crippen LogP contribution in [0.2, 0.25) is 0 Å².